The Labute approximate surface area is 86.8 Å². The Morgan fingerprint density at radius 3 is 3.33 bits per heavy atom. The van der Waals surface area contributed by atoms with E-state index in [1.54, 1.807) is 11.0 Å². The SMILES string of the molecule is O=C(c1ccn[nH]1)N1CCOC(CO)C1. The summed E-state index contributed by atoms with van der Waals surface area (Å²) in [6, 6.07) is 1.63. The highest BCUT2D eigenvalue weighted by molar-refractivity contribution is 5.92. The molecule has 0 aromatic carbocycles. The number of ether oxygens (including phenoxy) is 1. The molecule has 1 amide bonds. The molecule has 2 rings (SSSR count). The number of aromatic amines is 1. The van der Waals surface area contributed by atoms with Crippen molar-refractivity contribution in [1.82, 2.24) is 15.1 Å². The molecule has 1 fully saturated rings. The molecule has 1 atom stereocenters. The Morgan fingerprint density at radius 1 is 1.80 bits per heavy atom. The van der Waals surface area contributed by atoms with Gasteiger partial charge >= 0.3 is 0 Å². The van der Waals surface area contributed by atoms with E-state index in [-0.39, 0.29) is 18.6 Å². The van der Waals surface area contributed by atoms with Gasteiger partial charge < -0.3 is 14.7 Å². The van der Waals surface area contributed by atoms with Crippen LogP contribution in [0.25, 0.3) is 0 Å². The standard InChI is InChI=1S/C9H13N3O3/c13-6-7-5-12(3-4-15-7)9(14)8-1-2-10-11-8/h1-2,7,13H,3-6H2,(H,10,11). The minimum absolute atomic E-state index is 0.0627. The quantitative estimate of drug-likeness (QED) is 0.674. The number of amides is 1. The first-order valence-electron chi connectivity index (χ1n) is 4.82. The molecule has 0 saturated carbocycles. The number of morpholine rings is 1. The molecule has 1 aromatic heterocycles. The second-order valence-corrected chi connectivity index (χ2v) is 3.40. The molecular weight excluding hydrogens is 198 g/mol. The van der Waals surface area contributed by atoms with Gasteiger partial charge in [-0.2, -0.15) is 5.10 Å². The Hall–Kier alpha value is -1.40. The van der Waals surface area contributed by atoms with E-state index in [9.17, 15) is 4.79 Å². The summed E-state index contributed by atoms with van der Waals surface area (Å²) in [4.78, 5) is 13.5. The lowest BCUT2D eigenvalue weighted by Crippen LogP contribution is -2.47. The van der Waals surface area contributed by atoms with Crippen LogP contribution < -0.4 is 0 Å². The van der Waals surface area contributed by atoms with E-state index in [1.165, 1.54) is 6.20 Å². The molecule has 1 aliphatic rings. The van der Waals surface area contributed by atoms with Gasteiger partial charge in [0, 0.05) is 19.3 Å². The molecule has 1 saturated heterocycles. The van der Waals surface area contributed by atoms with Gasteiger partial charge in [0.2, 0.25) is 0 Å². The van der Waals surface area contributed by atoms with E-state index in [0.29, 0.717) is 25.4 Å². The maximum absolute atomic E-state index is 11.8. The number of aromatic nitrogens is 2. The van der Waals surface area contributed by atoms with Crippen molar-refractivity contribution in [2.75, 3.05) is 26.3 Å². The highest BCUT2D eigenvalue weighted by Crippen LogP contribution is 2.08. The van der Waals surface area contributed by atoms with Crippen molar-refractivity contribution in [3.63, 3.8) is 0 Å². The van der Waals surface area contributed by atoms with Crippen LogP contribution in [-0.2, 0) is 4.74 Å². The summed E-state index contributed by atoms with van der Waals surface area (Å²) in [5.74, 6) is -0.103. The summed E-state index contributed by atoms with van der Waals surface area (Å²) in [5.41, 5.74) is 0.466. The zero-order chi connectivity index (χ0) is 10.7. The zero-order valence-electron chi connectivity index (χ0n) is 8.22. The van der Waals surface area contributed by atoms with Crippen LogP contribution in [0.1, 0.15) is 10.5 Å². The minimum Gasteiger partial charge on any atom is -0.394 e. The smallest absolute Gasteiger partial charge is 0.272 e. The van der Waals surface area contributed by atoms with Crippen LogP contribution in [0.3, 0.4) is 0 Å². The average Bonchev–Trinajstić information content (AvgIpc) is 2.81. The predicted molar refractivity (Wildman–Crippen MR) is 51.3 cm³/mol. The third-order valence-electron chi connectivity index (χ3n) is 2.36. The molecule has 1 aromatic rings. The second-order valence-electron chi connectivity index (χ2n) is 3.40. The number of nitrogens with zero attached hydrogens (tertiary/aromatic N) is 2. The van der Waals surface area contributed by atoms with Gasteiger partial charge in [-0.1, -0.05) is 0 Å². The van der Waals surface area contributed by atoms with E-state index in [0.717, 1.165) is 0 Å². The van der Waals surface area contributed by atoms with Crippen LogP contribution in [0.2, 0.25) is 0 Å². The first-order chi connectivity index (χ1) is 7.31. The van der Waals surface area contributed by atoms with Crippen LogP contribution in [0.5, 0.6) is 0 Å². The molecule has 6 nitrogen and oxygen atoms in total. The normalized spacial score (nSPS) is 21.7. The molecule has 15 heavy (non-hydrogen) atoms. The van der Waals surface area contributed by atoms with Gasteiger partial charge in [-0.15, -0.1) is 0 Å². The Morgan fingerprint density at radius 2 is 2.67 bits per heavy atom. The van der Waals surface area contributed by atoms with Gasteiger partial charge in [0.1, 0.15) is 5.69 Å². The van der Waals surface area contributed by atoms with Crippen LogP contribution >= 0.6 is 0 Å². The molecule has 1 aliphatic heterocycles. The molecule has 0 aliphatic carbocycles. The Kier molecular flexibility index (Phi) is 2.98. The summed E-state index contributed by atoms with van der Waals surface area (Å²) in [6.07, 6.45) is 1.27. The fourth-order valence-corrected chi connectivity index (χ4v) is 1.56. The average molecular weight is 211 g/mol. The fraction of sp³-hybridized carbons (Fsp3) is 0.556. The molecule has 82 valence electrons. The summed E-state index contributed by atoms with van der Waals surface area (Å²) >= 11 is 0. The van der Waals surface area contributed by atoms with Gasteiger partial charge in [0.15, 0.2) is 0 Å². The predicted octanol–water partition coefficient (Wildman–Crippen LogP) is -0.757. The number of carbonyl (C=O) groups excluding carboxylic acids is 1. The van der Waals surface area contributed by atoms with Gasteiger partial charge in [-0.05, 0) is 6.07 Å². The molecule has 2 heterocycles. The Balaban J connectivity index is 2.01. The summed E-state index contributed by atoms with van der Waals surface area (Å²) < 4.78 is 5.26. The van der Waals surface area contributed by atoms with Crippen molar-refractivity contribution in [1.29, 1.82) is 0 Å². The highest BCUT2D eigenvalue weighted by atomic mass is 16.5. The first-order valence-corrected chi connectivity index (χ1v) is 4.82. The molecule has 0 bridgehead atoms. The van der Waals surface area contributed by atoms with Gasteiger partial charge in [-0.3, -0.25) is 9.89 Å². The van der Waals surface area contributed by atoms with E-state index in [2.05, 4.69) is 10.2 Å². The molecule has 2 N–H and O–H groups in total. The van der Waals surface area contributed by atoms with Gasteiger partial charge in [0.25, 0.3) is 5.91 Å². The Bertz CT molecular complexity index is 325. The van der Waals surface area contributed by atoms with Crippen molar-refractivity contribution in [3.8, 4) is 0 Å². The van der Waals surface area contributed by atoms with Crippen molar-refractivity contribution in [2.24, 2.45) is 0 Å². The lowest BCUT2D eigenvalue weighted by atomic mass is 10.2. The molecule has 6 heteroatoms. The lowest BCUT2D eigenvalue weighted by Gasteiger charge is -2.31. The van der Waals surface area contributed by atoms with Crippen LogP contribution in [0, 0.1) is 0 Å². The minimum atomic E-state index is -0.273. The summed E-state index contributed by atoms with van der Waals surface area (Å²) in [6.45, 7) is 1.38. The number of H-pyrrole nitrogens is 1. The molecule has 1 unspecified atom stereocenters. The number of carbonyl (C=O) groups is 1. The number of hydrogen-bond acceptors (Lipinski definition) is 4. The van der Waals surface area contributed by atoms with Crippen molar-refractivity contribution >= 4 is 5.91 Å². The van der Waals surface area contributed by atoms with E-state index in [1.807, 2.05) is 0 Å². The monoisotopic (exact) mass is 211 g/mol. The largest absolute Gasteiger partial charge is 0.394 e. The van der Waals surface area contributed by atoms with Crippen molar-refractivity contribution in [2.45, 2.75) is 6.10 Å². The molecule has 0 spiro atoms. The number of nitrogens with one attached hydrogen (secondary N) is 1. The van der Waals surface area contributed by atoms with E-state index in [4.69, 9.17) is 9.84 Å². The first kappa shape index (κ1) is 10.1. The van der Waals surface area contributed by atoms with E-state index >= 15 is 0 Å². The fourth-order valence-electron chi connectivity index (χ4n) is 1.56. The third-order valence-corrected chi connectivity index (χ3v) is 2.36. The van der Waals surface area contributed by atoms with Crippen molar-refractivity contribution in [3.05, 3.63) is 18.0 Å². The summed E-state index contributed by atoms with van der Waals surface area (Å²) in [5, 5.41) is 15.3. The number of aliphatic hydroxyl groups is 1. The second kappa shape index (κ2) is 4.41. The number of hydrogen-bond donors (Lipinski definition) is 2. The topological polar surface area (TPSA) is 78.5 Å². The maximum atomic E-state index is 11.8. The summed E-state index contributed by atoms with van der Waals surface area (Å²) in [7, 11) is 0. The molecular formula is C9H13N3O3. The number of rotatable bonds is 2. The van der Waals surface area contributed by atoms with Crippen molar-refractivity contribution < 1.29 is 14.6 Å². The van der Waals surface area contributed by atoms with Gasteiger partial charge in [-0.25, -0.2) is 0 Å². The van der Waals surface area contributed by atoms with Crippen LogP contribution in [0.15, 0.2) is 12.3 Å². The van der Waals surface area contributed by atoms with Crippen LogP contribution in [-0.4, -0.2) is 58.5 Å². The highest BCUT2D eigenvalue weighted by Gasteiger charge is 2.24. The number of aliphatic hydroxyl groups excluding tert-OH is 1. The third kappa shape index (κ3) is 2.16. The van der Waals surface area contributed by atoms with E-state index < -0.39 is 0 Å². The zero-order valence-corrected chi connectivity index (χ0v) is 8.22. The van der Waals surface area contributed by atoms with Crippen LogP contribution in [0.4, 0.5) is 0 Å². The van der Waals surface area contributed by atoms with Gasteiger partial charge in [0.05, 0.1) is 19.3 Å². The molecule has 0 radical (unpaired) electrons. The maximum Gasteiger partial charge on any atom is 0.272 e. The lowest BCUT2D eigenvalue weighted by molar-refractivity contribution is -0.0448.